The molecule has 0 aliphatic heterocycles. The molecule has 0 fully saturated rings. The predicted octanol–water partition coefficient (Wildman–Crippen LogP) is 3.48. The molecule has 11 heavy (non-hydrogen) atoms. The summed E-state index contributed by atoms with van der Waals surface area (Å²) in [5.74, 6) is 0. The molecule has 0 unspecified atom stereocenters. The minimum Gasteiger partial charge on any atom is -0.252 e. The van der Waals surface area contributed by atoms with Crippen LogP contribution >= 0.6 is 45.3 Å². The molecule has 0 N–H and O–H groups in total. The van der Waals surface area contributed by atoms with Crippen molar-refractivity contribution in [1.82, 2.24) is 4.98 Å². The van der Waals surface area contributed by atoms with Gasteiger partial charge in [0.2, 0.25) is 0 Å². The maximum atomic E-state index is 4.03. The fraction of sp³-hybridized carbons (Fsp3) is 0. The van der Waals surface area contributed by atoms with Crippen LogP contribution in [0.2, 0.25) is 0 Å². The van der Waals surface area contributed by atoms with E-state index in [0.717, 1.165) is 0 Å². The van der Waals surface area contributed by atoms with E-state index in [2.05, 4.69) is 39.7 Å². The average Bonchev–Trinajstić information content (AvgIpc) is 2.55. The zero-order valence-corrected chi connectivity index (χ0v) is 9.24. The Morgan fingerprint density at radius 3 is 2.73 bits per heavy atom. The lowest BCUT2D eigenvalue weighted by Crippen LogP contribution is -1.57. The van der Waals surface area contributed by atoms with Crippen molar-refractivity contribution in [3.8, 4) is 9.75 Å². The molecule has 2 aromatic heterocycles. The molecule has 4 heteroatoms. The van der Waals surface area contributed by atoms with Crippen LogP contribution in [0, 0.1) is 2.88 Å². The summed E-state index contributed by atoms with van der Waals surface area (Å²) in [6.07, 6.45) is 1.91. The molecule has 2 rings (SSSR count). The van der Waals surface area contributed by atoms with Crippen LogP contribution in [0.15, 0.2) is 23.8 Å². The van der Waals surface area contributed by atoms with Gasteiger partial charge in [0.15, 0.2) is 0 Å². The van der Waals surface area contributed by atoms with Crippen molar-refractivity contribution in [2.75, 3.05) is 0 Å². The Hall–Kier alpha value is 0.0600. The minimum atomic E-state index is 1.26. The first-order valence-electron chi connectivity index (χ1n) is 3.00. The Morgan fingerprint density at radius 2 is 2.18 bits per heavy atom. The first-order chi connectivity index (χ1) is 5.36. The largest absolute Gasteiger partial charge is 0.252 e. The molecule has 0 aliphatic rings. The highest BCUT2D eigenvalue weighted by atomic mass is 127. The first kappa shape index (κ1) is 7.70. The van der Waals surface area contributed by atoms with E-state index in [4.69, 9.17) is 0 Å². The first-order valence-corrected chi connectivity index (χ1v) is 5.78. The Kier molecular flexibility index (Phi) is 2.24. The molecule has 56 valence electrons. The summed E-state index contributed by atoms with van der Waals surface area (Å²) < 4.78 is 1.33. The summed E-state index contributed by atoms with van der Waals surface area (Å²) >= 11 is 5.82. The molecule has 0 atom stereocenters. The zero-order chi connectivity index (χ0) is 7.68. The van der Waals surface area contributed by atoms with Gasteiger partial charge in [-0.15, -0.1) is 22.7 Å². The number of thiophene rings is 1. The Morgan fingerprint density at radius 1 is 1.27 bits per heavy atom. The highest BCUT2D eigenvalue weighted by molar-refractivity contribution is 14.1. The van der Waals surface area contributed by atoms with E-state index >= 15 is 0 Å². The van der Waals surface area contributed by atoms with E-state index in [-0.39, 0.29) is 0 Å². The fourth-order valence-electron chi connectivity index (χ4n) is 0.784. The van der Waals surface area contributed by atoms with Gasteiger partial charge in [0.1, 0.15) is 0 Å². The van der Waals surface area contributed by atoms with Crippen LogP contribution in [-0.4, -0.2) is 4.98 Å². The summed E-state index contributed by atoms with van der Waals surface area (Å²) in [7, 11) is 0. The maximum Gasteiger partial charge on any atom is 0.0798 e. The monoisotopic (exact) mass is 293 g/mol. The van der Waals surface area contributed by atoms with Crippen LogP contribution in [0.5, 0.6) is 0 Å². The van der Waals surface area contributed by atoms with Crippen molar-refractivity contribution in [2.45, 2.75) is 0 Å². The normalized spacial score (nSPS) is 10.3. The highest BCUT2D eigenvalue weighted by Crippen LogP contribution is 2.30. The van der Waals surface area contributed by atoms with E-state index in [0.29, 0.717) is 0 Å². The molecular weight excluding hydrogens is 289 g/mol. The Bertz CT molecular complexity index is 339. The lowest BCUT2D eigenvalue weighted by atomic mass is 10.4. The van der Waals surface area contributed by atoms with Gasteiger partial charge < -0.3 is 0 Å². The number of halogens is 1. The van der Waals surface area contributed by atoms with Gasteiger partial charge in [-0.05, 0) is 34.7 Å². The predicted molar refractivity (Wildman–Crippen MR) is 58.1 cm³/mol. The van der Waals surface area contributed by atoms with Crippen LogP contribution < -0.4 is 0 Å². The molecule has 0 aromatic carbocycles. The Balaban J connectivity index is 2.45. The van der Waals surface area contributed by atoms with Crippen molar-refractivity contribution in [3.63, 3.8) is 0 Å². The molecule has 0 amide bonds. The quantitative estimate of drug-likeness (QED) is 0.734. The van der Waals surface area contributed by atoms with E-state index < -0.39 is 0 Å². The summed E-state index contributed by atoms with van der Waals surface area (Å²) in [4.78, 5) is 6.61. The molecular formula is C7H4INS2. The molecule has 0 spiro atoms. The number of aromatic nitrogens is 1. The lowest BCUT2D eigenvalue weighted by Gasteiger charge is -1.84. The Labute approximate surface area is 86.3 Å². The van der Waals surface area contributed by atoms with E-state index in [1.54, 1.807) is 22.7 Å². The summed E-state index contributed by atoms with van der Waals surface area (Å²) in [6.45, 7) is 0. The maximum absolute atomic E-state index is 4.03. The number of nitrogens with zero attached hydrogens (tertiary/aromatic N) is 1. The van der Waals surface area contributed by atoms with Crippen molar-refractivity contribution in [2.24, 2.45) is 0 Å². The van der Waals surface area contributed by atoms with Gasteiger partial charge in [0.25, 0.3) is 0 Å². The number of rotatable bonds is 1. The van der Waals surface area contributed by atoms with E-state index in [9.17, 15) is 0 Å². The van der Waals surface area contributed by atoms with Gasteiger partial charge in [0, 0.05) is 11.1 Å². The van der Waals surface area contributed by atoms with E-state index in [1.165, 1.54) is 12.6 Å². The van der Waals surface area contributed by atoms with Crippen molar-refractivity contribution >= 4 is 45.3 Å². The SMILES string of the molecule is Ic1ccc(-c2cncs2)s1. The zero-order valence-electron chi connectivity index (χ0n) is 5.45. The molecule has 1 nitrogen and oxygen atoms in total. The molecule has 0 saturated heterocycles. The van der Waals surface area contributed by atoms with Crippen molar-refractivity contribution in [1.29, 1.82) is 0 Å². The summed E-state index contributed by atoms with van der Waals surface area (Å²) in [6, 6.07) is 4.26. The van der Waals surface area contributed by atoms with Gasteiger partial charge >= 0.3 is 0 Å². The lowest BCUT2D eigenvalue weighted by molar-refractivity contribution is 1.43. The second-order valence-corrected chi connectivity index (χ2v) is 5.83. The van der Waals surface area contributed by atoms with Crippen LogP contribution in [0.1, 0.15) is 0 Å². The molecule has 0 saturated carbocycles. The fourth-order valence-corrected chi connectivity index (χ4v) is 3.12. The molecule has 0 aliphatic carbocycles. The second kappa shape index (κ2) is 3.20. The third kappa shape index (κ3) is 1.62. The van der Waals surface area contributed by atoms with Crippen LogP contribution in [0.25, 0.3) is 9.75 Å². The highest BCUT2D eigenvalue weighted by Gasteiger charge is 2.01. The van der Waals surface area contributed by atoms with Crippen molar-refractivity contribution < 1.29 is 0 Å². The van der Waals surface area contributed by atoms with Crippen LogP contribution in [0.3, 0.4) is 0 Å². The smallest absolute Gasteiger partial charge is 0.0798 e. The van der Waals surface area contributed by atoms with Crippen molar-refractivity contribution in [3.05, 3.63) is 26.7 Å². The van der Waals surface area contributed by atoms with Gasteiger partial charge in [-0.3, -0.25) is 4.98 Å². The second-order valence-electron chi connectivity index (χ2n) is 1.97. The third-order valence-corrected chi connectivity index (χ3v) is 4.11. The summed E-state index contributed by atoms with van der Waals surface area (Å²) in [5, 5.41) is 0. The molecule has 2 heterocycles. The number of hydrogen-bond acceptors (Lipinski definition) is 3. The minimum absolute atomic E-state index is 1.26. The molecule has 2 aromatic rings. The number of thiazole rings is 1. The van der Waals surface area contributed by atoms with Gasteiger partial charge in [-0.1, -0.05) is 0 Å². The molecule has 0 bridgehead atoms. The van der Waals surface area contributed by atoms with Crippen LogP contribution in [-0.2, 0) is 0 Å². The summed E-state index contributed by atoms with van der Waals surface area (Å²) in [5.41, 5.74) is 1.86. The third-order valence-electron chi connectivity index (χ3n) is 1.25. The van der Waals surface area contributed by atoms with Gasteiger partial charge in [-0.2, -0.15) is 0 Å². The van der Waals surface area contributed by atoms with E-state index in [1.807, 2.05) is 11.7 Å². The van der Waals surface area contributed by atoms with Crippen LogP contribution in [0.4, 0.5) is 0 Å². The standard InChI is InChI=1S/C7H4INS2/c8-7-2-1-5(11-7)6-3-9-4-10-6/h1-4H. The topological polar surface area (TPSA) is 12.9 Å². The van der Waals surface area contributed by atoms with Gasteiger partial charge in [0.05, 0.1) is 13.3 Å². The average molecular weight is 293 g/mol. The molecule has 0 radical (unpaired) electrons. The van der Waals surface area contributed by atoms with Gasteiger partial charge in [-0.25, -0.2) is 0 Å². The number of hydrogen-bond donors (Lipinski definition) is 0.